The van der Waals surface area contributed by atoms with Crippen LogP contribution >= 0.6 is 0 Å². The van der Waals surface area contributed by atoms with Crippen molar-refractivity contribution in [3.05, 3.63) is 72.3 Å². The molecule has 3 aromatic rings. The highest BCUT2D eigenvalue weighted by atomic mass is 16.2. The highest BCUT2D eigenvalue weighted by Gasteiger charge is 2.38. The monoisotopic (exact) mass is 413 g/mol. The molecule has 5 nitrogen and oxygen atoms in total. The Labute approximate surface area is 182 Å². The van der Waals surface area contributed by atoms with E-state index in [1.165, 1.54) is 11.3 Å². The SMILES string of the molecule is Cc1cccc(N2CCN(C(=O)C3CC(=O)N(c4cccc5ccccc45)C3)CC2)c1. The Morgan fingerprint density at radius 2 is 1.65 bits per heavy atom. The third-order valence-corrected chi connectivity index (χ3v) is 6.49. The average molecular weight is 414 g/mol. The van der Waals surface area contributed by atoms with E-state index in [0.717, 1.165) is 29.5 Å². The number of nitrogens with zero attached hydrogens (tertiary/aromatic N) is 3. The van der Waals surface area contributed by atoms with Crippen molar-refractivity contribution in [2.45, 2.75) is 13.3 Å². The largest absolute Gasteiger partial charge is 0.368 e. The molecule has 0 radical (unpaired) electrons. The minimum absolute atomic E-state index is 0.0353. The zero-order valence-corrected chi connectivity index (χ0v) is 17.8. The van der Waals surface area contributed by atoms with Crippen molar-refractivity contribution in [2.24, 2.45) is 5.92 Å². The van der Waals surface area contributed by atoms with E-state index in [2.05, 4.69) is 48.2 Å². The van der Waals surface area contributed by atoms with Gasteiger partial charge in [-0.3, -0.25) is 9.59 Å². The zero-order chi connectivity index (χ0) is 21.4. The molecule has 1 atom stereocenters. The number of aryl methyl sites for hydroxylation is 1. The summed E-state index contributed by atoms with van der Waals surface area (Å²) in [6.45, 7) is 5.61. The first kappa shape index (κ1) is 19.6. The van der Waals surface area contributed by atoms with Crippen molar-refractivity contribution in [3.63, 3.8) is 0 Å². The maximum atomic E-state index is 13.2. The van der Waals surface area contributed by atoms with E-state index in [1.807, 2.05) is 35.2 Å². The maximum Gasteiger partial charge on any atom is 0.228 e. The van der Waals surface area contributed by atoms with Gasteiger partial charge in [0.05, 0.1) is 11.6 Å². The molecule has 0 N–H and O–H groups in total. The molecule has 2 aliphatic rings. The van der Waals surface area contributed by atoms with Crippen molar-refractivity contribution in [1.29, 1.82) is 0 Å². The van der Waals surface area contributed by atoms with Gasteiger partial charge < -0.3 is 14.7 Å². The van der Waals surface area contributed by atoms with Gasteiger partial charge >= 0.3 is 0 Å². The molecule has 31 heavy (non-hydrogen) atoms. The molecule has 2 amide bonds. The van der Waals surface area contributed by atoms with Crippen LogP contribution in [0.25, 0.3) is 10.8 Å². The molecule has 0 spiro atoms. The molecule has 158 valence electrons. The Kier molecular flexibility index (Phi) is 5.10. The summed E-state index contributed by atoms with van der Waals surface area (Å²) in [6.07, 6.45) is 0.292. The van der Waals surface area contributed by atoms with Gasteiger partial charge in [0, 0.05) is 50.2 Å². The van der Waals surface area contributed by atoms with Crippen LogP contribution in [0.2, 0.25) is 0 Å². The van der Waals surface area contributed by atoms with Crippen molar-refractivity contribution < 1.29 is 9.59 Å². The van der Waals surface area contributed by atoms with Crippen molar-refractivity contribution in [3.8, 4) is 0 Å². The number of carbonyl (C=O) groups excluding carboxylic acids is 2. The number of carbonyl (C=O) groups is 2. The minimum Gasteiger partial charge on any atom is -0.368 e. The second-order valence-electron chi connectivity index (χ2n) is 8.56. The van der Waals surface area contributed by atoms with Crippen LogP contribution in [0.15, 0.2) is 66.7 Å². The van der Waals surface area contributed by atoms with Gasteiger partial charge in [0.2, 0.25) is 11.8 Å². The number of anilines is 2. The van der Waals surface area contributed by atoms with E-state index >= 15 is 0 Å². The normalized spacial score (nSPS) is 19.3. The minimum atomic E-state index is -0.267. The summed E-state index contributed by atoms with van der Waals surface area (Å²) in [5.74, 6) is -0.120. The summed E-state index contributed by atoms with van der Waals surface area (Å²) >= 11 is 0. The molecule has 2 saturated heterocycles. The molecular formula is C26H27N3O2. The Morgan fingerprint density at radius 1 is 0.903 bits per heavy atom. The summed E-state index contributed by atoms with van der Waals surface area (Å²) in [7, 11) is 0. The standard InChI is InChI=1S/C26H27N3O2/c1-19-6-4-9-22(16-19)27-12-14-28(15-13-27)26(31)21-17-25(30)29(18-21)24-11-5-8-20-7-2-3-10-23(20)24/h2-11,16,21H,12-15,17-18H2,1H3. The van der Waals surface area contributed by atoms with Crippen molar-refractivity contribution in [1.82, 2.24) is 4.90 Å². The zero-order valence-electron chi connectivity index (χ0n) is 17.8. The van der Waals surface area contributed by atoms with Crippen LogP contribution in [0.4, 0.5) is 11.4 Å². The van der Waals surface area contributed by atoms with E-state index in [0.29, 0.717) is 26.1 Å². The molecular weight excluding hydrogens is 386 g/mol. The van der Waals surface area contributed by atoms with Gasteiger partial charge in [0.25, 0.3) is 0 Å². The third-order valence-electron chi connectivity index (χ3n) is 6.49. The predicted octanol–water partition coefficient (Wildman–Crippen LogP) is 3.85. The van der Waals surface area contributed by atoms with Crippen molar-refractivity contribution in [2.75, 3.05) is 42.5 Å². The van der Waals surface area contributed by atoms with Gasteiger partial charge in [0.1, 0.15) is 0 Å². The number of rotatable bonds is 3. The lowest BCUT2D eigenvalue weighted by Crippen LogP contribution is -2.50. The van der Waals surface area contributed by atoms with Gasteiger partial charge in [-0.1, -0.05) is 48.5 Å². The number of hydrogen-bond donors (Lipinski definition) is 0. The smallest absolute Gasteiger partial charge is 0.228 e. The Hall–Kier alpha value is -3.34. The van der Waals surface area contributed by atoms with Crippen LogP contribution in [0.1, 0.15) is 12.0 Å². The fourth-order valence-corrected chi connectivity index (χ4v) is 4.82. The molecule has 0 bridgehead atoms. The van der Waals surface area contributed by atoms with Crippen molar-refractivity contribution >= 4 is 34.0 Å². The number of piperazine rings is 1. The highest BCUT2D eigenvalue weighted by molar-refractivity contribution is 6.07. The molecule has 2 heterocycles. The molecule has 1 unspecified atom stereocenters. The van der Waals surface area contributed by atoms with Crippen LogP contribution in [-0.2, 0) is 9.59 Å². The van der Waals surface area contributed by atoms with E-state index in [9.17, 15) is 9.59 Å². The molecule has 5 rings (SSSR count). The third kappa shape index (κ3) is 3.76. The average Bonchev–Trinajstić information content (AvgIpc) is 3.19. The number of hydrogen-bond acceptors (Lipinski definition) is 3. The molecule has 0 aliphatic carbocycles. The van der Waals surface area contributed by atoms with Gasteiger partial charge in [-0.15, -0.1) is 0 Å². The van der Waals surface area contributed by atoms with Crippen LogP contribution in [0.3, 0.4) is 0 Å². The van der Waals surface area contributed by atoms with Crippen LogP contribution in [0, 0.1) is 12.8 Å². The second kappa shape index (κ2) is 8.06. The lowest BCUT2D eigenvalue weighted by atomic mass is 10.1. The molecule has 3 aromatic carbocycles. The van der Waals surface area contributed by atoms with E-state index in [4.69, 9.17) is 0 Å². The fourth-order valence-electron chi connectivity index (χ4n) is 4.82. The summed E-state index contributed by atoms with van der Waals surface area (Å²) in [6, 6.07) is 22.6. The van der Waals surface area contributed by atoms with Crippen LogP contribution in [-0.4, -0.2) is 49.4 Å². The molecule has 5 heteroatoms. The molecule has 0 aromatic heterocycles. The topological polar surface area (TPSA) is 43.9 Å². The molecule has 2 aliphatic heterocycles. The van der Waals surface area contributed by atoms with Crippen LogP contribution < -0.4 is 9.80 Å². The predicted molar refractivity (Wildman–Crippen MR) is 124 cm³/mol. The first-order chi connectivity index (χ1) is 15.1. The summed E-state index contributed by atoms with van der Waals surface area (Å²) in [5.41, 5.74) is 3.36. The summed E-state index contributed by atoms with van der Waals surface area (Å²) < 4.78 is 0. The number of fused-ring (bicyclic) bond motifs is 1. The number of amides is 2. The Morgan fingerprint density at radius 3 is 2.45 bits per heavy atom. The van der Waals surface area contributed by atoms with Gasteiger partial charge in [-0.05, 0) is 36.1 Å². The maximum absolute atomic E-state index is 13.2. The van der Waals surface area contributed by atoms with E-state index in [-0.39, 0.29) is 17.7 Å². The van der Waals surface area contributed by atoms with E-state index < -0.39 is 0 Å². The first-order valence-electron chi connectivity index (χ1n) is 11.0. The highest BCUT2D eigenvalue weighted by Crippen LogP contribution is 2.32. The summed E-state index contributed by atoms with van der Waals surface area (Å²) in [5, 5.41) is 2.16. The Bertz CT molecular complexity index is 1130. The second-order valence-corrected chi connectivity index (χ2v) is 8.56. The van der Waals surface area contributed by atoms with E-state index in [1.54, 1.807) is 4.90 Å². The molecule has 2 fully saturated rings. The van der Waals surface area contributed by atoms with Gasteiger partial charge in [-0.2, -0.15) is 0 Å². The molecule has 0 saturated carbocycles. The quantitative estimate of drug-likeness (QED) is 0.655. The Balaban J connectivity index is 1.27. The van der Waals surface area contributed by atoms with Gasteiger partial charge in [0.15, 0.2) is 0 Å². The number of benzene rings is 3. The van der Waals surface area contributed by atoms with Gasteiger partial charge in [-0.25, -0.2) is 0 Å². The summed E-state index contributed by atoms with van der Waals surface area (Å²) in [4.78, 5) is 32.1. The fraction of sp³-hybridized carbons (Fsp3) is 0.308. The lowest BCUT2D eigenvalue weighted by molar-refractivity contribution is -0.136. The van der Waals surface area contributed by atoms with Crippen LogP contribution in [0.5, 0.6) is 0 Å². The first-order valence-corrected chi connectivity index (χ1v) is 11.0. The lowest BCUT2D eigenvalue weighted by Gasteiger charge is -2.37.